The topological polar surface area (TPSA) is 112 Å². The second-order valence-electron chi connectivity index (χ2n) is 8.07. The van der Waals surface area contributed by atoms with Crippen LogP contribution in [-0.2, 0) is 23.9 Å². The maximum Gasteiger partial charge on any atom is 0.376 e. The Kier molecular flexibility index (Phi) is 6.06. The van der Waals surface area contributed by atoms with Crippen LogP contribution in [-0.4, -0.2) is 36.8 Å². The number of anilines is 1. The Hall–Kier alpha value is -3.16. The number of ketones is 1. The second kappa shape index (κ2) is 8.91. The van der Waals surface area contributed by atoms with Crippen LogP contribution >= 0.6 is 0 Å². The molecule has 2 fully saturated rings. The average molecular weight is 427 g/mol. The highest BCUT2D eigenvalue weighted by Gasteiger charge is 2.42. The van der Waals surface area contributed by atoms with Crippen molar-refractivity contribution in [3.63, 3.8) is 0 Å². The van der Waals surface area contributed by atoms with E-state index < -0.39 is 24.5 Å². The Morgan fingerprint density at radius 1 is 1.10 bits per heavy atom. The average Bonchev–Trinajstić information content (AvgIpc) is 3.10. The Labute approximate surface area is 179 Å². The maximum atomic E-state index is 12.5. The summed E-state index contributed by atoms with van der Waals surface area (Å²) in [4.78, 5) is 49.4. The number of para-hydroxylation sites is 1. The lowest BCUT2D eigenvalue weighted by Gasteiger charge is -2.36. The van der Waals surface area contributed by atoms with E-state index in [1.165, 1.54) is 0 Å². The molecular weight excluding hydrogens is 402 g/mol. The molecule has 164 valence electrons. The lowest BCUT2D eigenvalue weighted by molar-refractivity contribution is -0.155. The molecule has 1 amide bonds. The number of rotatable bonds is 6. The Bertz CT molecular complexity index is 1010. The molecule has 8 heteroatoms. The van der Waals surface area contributed by atoms with Crippen LogP contribution in [0.15, 0.2) is 28.7 Å². The van der Waals surface area contributed by atoms with Gasteiger partial charge in [0.25, 0.3) is 5.91 Å². The van der Waals surface area contributed by atoms with Crippen LogP contribution in [0.25, 0.3) is 11.0 Å². The third-order valence-corrected chi connectivity index (χ3v) is 6.05. The summed E-state index contributed by atoms with van der Waals surface area (Å²) in [6.07, 6.45) is 3.66. The molecule has 1 heterocycles. The van der Waals surface area contributed by atoms with Crippen LogP contribution in [0.4, 0.5) is 5.69 Å². The molecule has 2 atom stereocenters. The van der Waals surface area contributed by atoms with Gasteiger partial charge in [0.2, 0.25) is 5.76 Å². The van der Waals surface area contributed by atoms with Gasteiger partial charge in [-0.15, -0.1) is 0 Å². The minimum atomic E-state index is -0.690. The summed E-state index contributed by atoms with van der Waals surface area (Å²) in [5.74, 6) is -2.06. The number of ether oxygens (including phenoxy) is 2. The zero-order valence-corrected chi connectivity index (χ0v) is 17.3. The Morgan fingerprint density at radius 2 is 1.81 bits per heavy atom. The normalized spacial score (nSPS) is 22.7. The summed E-state index contributed by atoms with van der Waals surface area (Å²) in [5, 5.41) is 3.16. The number of furan rings is 1. The van der Waals surface area contributed by atoms with Crippen LogP contribution in [0, 0.1) is 17.8 Å². The zero-order chi connectivity index (χ0) is 22.0. The van der Waals surface area contributed by atoms with Gasteiger partial charge in [0.1, 0.15) is 17.1 Å². The van der Waals surface area contributed by atoms with Crippen molar-refractivity contribution in [2.75, 3.05) is 18.5 Å². The zero-order valence-electron chi connectivity index (χ0n) is 17.3. The van der Waals surface area contributed by atoms with Gasteiger partial charge in [0.05, 0.1) is 12.5 Å². The summed E-state index contributed by atoms with van der Waals surface area (Å²) in [7, 11) is 0. The minimum Gasteiger partial charge on any atom is -0.460 e. The van der Waals surface area contributed by atoms with Gasteiger partial charge in [0, 0.05) is 17.2 Å². The van der Waals surface area contributed by atoms with Gasteiger partial charge in [-0.1, -0.05) is 18.6 Å². The van der Waals surface area contributed by atoms with Crippen LogP contribution in [0.5, 0.6) is 0 Å². The van der Waals surface area contributed by atoms with Crippen molar-refractivity contribution in [1.82, 2.24) is 0 Å². The van der Waals surface area contributed by atoms with Crippen molar-refractivity contribution < 1.29 is 33.1 Å². The molecule has 1 aromatic heterocycles. The minimum absolute atomic E-state index is 0.0664. The largest absolute Gasteiger partial charge is 0.460 e. The number of benzene rings is 1. The van der Waals surface area contributed by atoms with E-state index in [2.05, 4.69) is 5.32 Å². The SMILES string of the molecule is CCOC(=O)c1oc2ccccc2c1NC(=O)COC(=O)C1C[C@H]2CCC[C@H](C1)C2=O. The lowest BCUT2D eigenvalue weighted by atomic mass is 9.67. The number of esters is 2. The van der Waals surface area contributed by atoms with Crippen molar-refractivity contribution in [1.29, 1.82) is 0 Å². The van der Waals surface area contributed by atoms with Crippen molar-refractivity contribution in [2.45, 2.75) is 39.0 Å². The molecule has 1 N–H and O–H groups in total. The van der Waals surface area contributed by atoms with E-state index in [0.29, 0.717) is 23.8 Å². The lowest BCUT2D eigenvalue weighted by Crippen LogP contribution is -2.40. The smallest absolute Gasteiger partial charge is 0.376 e. The first-order valence-corrected chi connectivity index (χ1v) is 10.7. The summed E-state index contributed by atoms with van der Waals surface area (Å²) >= 11 is 0. The summed E-state index contributed by atoms with van der Waals surface area (Å²) < 4.78 is 15.8. The van der Waals surface area contributed by atoms with Gasteiger partial charge >= 0.3 is 11.9 Å². The highest BCUT2D eigenvalue weighted by molar-refractivity contribution is 6.09. The third-order valence-electron chi connectivity index (χ3n) is 6.05. The molecule has 0 radical (unpaired) electrons. The number of Topliss-reactive ketones (excluding diaryl/α,β-unsaturated/α-hetero) is 1. The molecule has 0 aliphatic heterocycles. The molecular formula is C23H25NO7. The number of fused-ring (bicyclic) bond motifs is 3. The molecule has 4 rings (SSSR count). The van der Waals surface area contributed by atoms with Gasteiger partial charge in [-0.3, -0.25) is 14.4 Å². The standard InChI is InChI=1S/C23H25NO7/c1-2-29-23(28)21-19(16-8-3-4-9-17(16)31-21)24-18(25)12-30-22(27)15-10-13-6-5-7-14(11-15)20(13)26/h3-4,8-9,13-15H,2,5-7,10-12H2,1H3,(H,24,25)/t13-,14-/m1/s1. The quantitative estimate of drug-likeness (QED) is 0.702. The molecule has 2 saturated carbocycles. The molecule has 0 unspecified atom stereocenters. The van der Waals surface area contributed by atoms with Crippen LogP contribution in [0.2, 0.25) is 0 Å². The van der Waals surface area contributed by atoms with Gasteiger partial charge in [-0.25, -0.2) is 4.79 Å². The summed E-state index contributed by atoms with van der Waals surface area (Å²) in [6, 6.07) is 6.89. The first-order chi connectivity index (χ1) is 15.0. The molecule has 2 aromatic rings. The van der Waals surface area contributed by atoms with Gasteiger partial charge in [-0.2, -0.15) is 0 Å². The summed E-state index contributed by atoms with van der Waals surface area (Å²) in [6.45, 7) is 1.35. The fourth-order valence-electron chi connectivity index (χ4n) is 4.61. The van der Waals surface area contributed by atoms with Crippen molar-refractivity contribution >= 4 is 40.3 Å². The van der Waals surface area contributed by atoms with E-state index >= 15 is 0 Å². The highest BCUT2D eigenvalue weighted by Crippen LogP contribution is 2.40. The molecule has 0 saturated heterocycles. The van der Waals surface area contributed by atoms with Crippen LogP contribution in [0.1, 0.15) is 49.6 Å². The molecule has 8 nitrogen and oxygen atoms in total. The fourth-order valence-corrected chi connectivity index (χ4v) is 4.61. The maximum absolute atomic E-state index is 12.5. The number of hydrogen-bond donors (Lipinski definition) is 1. The van der Waals surface area contributed by atoms with Gasteiger partial charge in [0.15, 0.2) is 6.61 Å². The van der Waals surface area contributed by atoms with E-state index in [1.807, 2.05) is 0 Å². The number of hydrogen-bond acceptors (Lipinski definition) is 7. The number of amides is 1. The van der Waals surface area contributed by atoms with Crippen LogP contribution < -0.4 is 5.32 Å². The third kappa shape index (κ3) is 4.33. The van der Waals surface area contributed by atoms with Crippen molar-refractivity contribution in [3.8, 4) is 0 Å². The van der Waals surface area contributed by atoms with E-state index in [0.717, 1.165) is 19.3 Å². The molecule has 2 aliphatic rings. The predicted molar refractivity (Wildman–Crippen MR) is 110 cm³/mol. The molecule has 0 spiro atoms. The Balaban J connectivity index is 1.40. The first kappa shape index (κ1) is 21.1. The first-order valence-electron chi connectivity index (χ1n) is 10.7. The van der Waals surface area contributed by atoms with Gasteiger partial charge in [-0.05, 0) is 44.7 Å². The highest BCUT2D eigenvalue weighted by atomic mass is 16.5. The van der Waals surface area contributed by atoms with Crippen LogP contribution in [0.3, 0.4) is 0 Å². The number of carbonyl (C=O) groups is 4. The molecule has 2 aliphatic carbocycles. The molecule has 31 heavy (non-hydrogen) atoms. The van der Waals surface area contributed by atoms with E-state index in [-0.39, 0.29) is 41.6 Å². The van der Waals surface area contributed by atoms with Gasteiger partial charge < -0.3 is 19.2 Å². The second-order valence-corrected chi connectivity index (χ2v) is 8.07. The monoisotopic (exact) mass is 427 g/mol. The molecule has 2 bridgehead atoms. The molecule has 1 aromatic carbocycles. The number of nitrogens with one attached hydrogen (secondary N) is 1. The van der Waals surface area contributed by atoms with Crippen molar-refractivity contribution in [2.24, 2.45) is 17.8 Å². The fraction of sp³-hybridized carbons (Fsp3) is 0.478. The number of carbonyl (C=O) groups excluding carboxylic acids is 4. The summed E-state index contributed by atoms with van der Waals surface area (Å²) in [5.41, 5.74) is 0.615. The predicted octanol–water partition coefficient (Wildman–Crippen LogP) is 3.49. The van der Waals surface area contributed by atoms with E-state index in [1.54, 1.807) is 31.2 Å². The Morgan fingerprint density at radius 3 is 2.52 bits per heavy atom. The van der Waals surface area contributed by atoms with E-state index in [9.17, 15) is 19.2 Å². The van der Waals surface area contributed by atoms with E-state index in [4.69, 9.17) is 13.9 Å². The van der Waals surface area contributed by atoms with Crippen molar-refractivity contribution in [3.05, 3.63) is 30.0 Å².